The van der Waals surface area contributed by atoms with Crippen LogP contribution in [0, 0.1) is 7.05 Å². The first-order valence-electron chi connectivity index (χ1n) is 2.57. The third kappa shape index (κ3) is 1.32. The van der Waals surface area contributed by atoms with Gasteiger partial charge in [-0.05, 0) is 12.1 Å². The van der Waals surface area contributed by atoms with Gasteiger partial charge in [-0.25, -0.2) is 4.98 Å². The molecule has 0 spiro atoms. The number of hydrogen-bond donors (Lipinski definition) is 2. The second kappa shape index (κ2) is 2.35. The van der Waals surface area contributed by atoms with Crippen molar-refractivity contribution in [2.75, 3.05) is 11.1 Å². The van der Waals surface area contributed by atoms with Gasteiger partial charge in [0.2, 0.25) is 0 Å². The molecule has 0 aliphatic carbocycles. The van der Waals surface area contributed by atoms with E-state index >= 15 is 0 Å². The van der Waals surface area contributed by atoms with Gasteiger partial charge in [0.1, 0.15) is 5.82 Å². The fourth-order valence-electron chi connectivity index (χ4n) is 0.510. The number of anilines is 2. The van der Waals surface area contributed by atoms with Gasteiger partial charge in [0.15, 0.2) is 0 Å². The fourth-order valence-corrected chi connectivity index (χ4v) is 0.510. The van der Waals surface area contributed by atoms with Crippen LogP contribution in [0.5, 0.6) is 0 Å². The zero-order chi connectivity index (χ0) is 6.69. The number of pyridine rings is 1. The van der Waals surface area contributed by atoms with Crippen molar-refractivity contribution in [2.24, 2.45) is 0 Å². The van der Waals surface area contributed by atoms with Gasteiger partial charge in [0.25, 0.3) is 0 Å². The van der Waals surface area contributed by atoms with E-state index in [0.29, 0.717) is 5.82 Å². The molecule has 47 valence electrons. The molecule has 0 fully saturated rings. The Morgan fingerprint density at radius 1 is 1.56 bits per heavy atom. The van der Waals surface area contributed by atoms with E-state index < -0.39 is 0 Å². The fraction of sp³-hybridized carbons (Fsp3) is 0. The van der Waals surface area contributed by atoms with Crippen molar-refractivity contribution >= 4 is 11.5 Å². The monoisotopic (exact) mass is 122 g/mol. The van der Waals surface area contributed by atoms with Crippen LogP contribution in [0.4, 0.5) is 11.5 Å². The van der Waals surface area contributed by atoms with Gasteiger partial charge < -0.3 is 11.1 Å². The highest BCUT2D eigenvalue weighted by atomic mass is 14.9. The second-order valence-electron chi connectivity index (χ2n) is 1.65. The van der Waals surface area contributed by atoms with E-state index in [0.717, 1.165) is 5.69 Å². The summed E-state index contributed by atoms with van der Waals surface area (Å²) >= 11 is 0. The van der Waals surface area contributed by atoms with E-state index in [9.17, 15) is 0 Å². The minimum Gasteiger partial charge on any atom is -0.384 e. The molecule has 9 heavy (non-hydrogen) atoms. The van der Waals surface area contributed by atoms with Gasteiger partial charge in [-0.1, -0.05) is 0 Å². The molecule has 0 amide bonds. The minimum atomic E-state index is 0.522. The van der Waals surface area contributed by atoms with Crippen LogP contribution in [0.15, 0.2) is 18.3 Å². The number of nitrogens with zero attached hydrogens (tertiary/aromatic N) is 1. The molecule has 1 radical (unpaired) electrons. The molecule has 1 aromatic heterocycles. The van der Waals surface area contributed by atoms with Crippen LogP contribution < -0.4 is 11.1 Å². The average Bonchev–Trinajstić information content (AvgIpc) is 1.90. The summed E-state index contributed by atoms with van der Waals surface area (Å²) < 4.78 is 0. The lowest BCUT2D eigenvalue weighted by molar-refractivity contribution is 1.33. The van der Waals surface area contributed by atoms with Crippen LogP contribution in [0.2, 0.25) is 0 Å². The van der Waals surface area contributed by atoms with E-state index in [1.165, 1.54) is 0 Å². The zero-order valence-electron chi connectivity index (χ0n) is 4.96. The maximum Gasteiger partial charge on any atom is 0.123 e. The van der Waals surface area contributed by atoms with Crippen molar-refractivity contribution in [2.45, 2.75) is 0 Å². The van der Waals surface area contributed by atoms with E-state index in [1.807, 2.05) is 6.07 Å². The molecule has 0 unspecified atom stereocenters. The molecular formula is C6H8N3. The number of nitrogen functional groups attached to an aromatic ring is 1. The van der Waals surface area contributed by atoms with Crippen molar-refractivity contribution in [1.29, 1.82) is 0 Å². The van der Waals surface area contributed by atoms with Crippen LogP contribution in [0.3, 0.4) is 0 Å². The molecular weight excluding hydrogens is 114 g/mol. The highest BCUT2D eigenvalue weighted by Gasteiger charge is 1.85. The molecule has 3 nitrogen and oxygen atoms in total. The van der Waals surface area contributed by atoms with Gasteiger partial charge in [0.05, 0.1) is 11.9 Å². The first kappa shape index (κ1) is 5.88. The molecule has 1 rings (SSSR count). The number of aromatic nitrogens is 1. The molecule has 0 aromatic carbocycles. The van der Waals surface area contributed by atoms with Gasteiger partial charge in [-0.3, -0.25) is 0 Å². The molecule has 3 N–H and O–H groups in total. The summed E-state index contributed by atoms with van der Waals surface area (Å²) in [6, 6.07) is 3.53. The first-order valence-corrected chi connectivity index (χ1v) is 2.57. The lowest BCUT2D eigenvalue weighted by Crippen LogP contribution is -1.90. The van der Waals surface area contributed by atoms with Crippen LogP contribution in [0.25, 0.3) is 0 Å². The second-order valence-corrected chi connectivity index (χ2v) is 1.65. The summed E-state index contributed by atoms with van der Waals surface area (Å²) in [4.78, 5) is 3.83. The molecule has 3 heteroatoms. The molecule has 1 aromatic rings. The van der Waals surface area contributed by atoms with E-state index in [2.05, 4.69) is 17.3 Å². The van der Waals surface area contributed by atoms with Crippen molar-refractivity contribution in [1.82, 2.24) is 4.98 Å². The summed E-state index contributed by atoms with van der Waals surface area (Å²) in [6.45, 7) is 0. The van der Waals surface area contributed by atoms with Gasteiger partial charge in [-0.15, -0.1) is 0 Å². The Kier molecular flexibility index (Phi) is 1.53. The maximum atomic E-state index is 5.32. The van der Waals surface area contributed by atoms with Crippen LogP contribution in [-0.2, 0) is 0 Å². The summed E-state index contributed by atoms with van der Waals surface area (Å²) in [5.41, 5.74) is 6.19. The molecule has 1 heterocycles. The van der Waals surface area contributed by atoms with E-state index in [-0.39, 0.29) is 0 Å². The van der Waals surface area contributed by atoms with Gasteiger partial charge >= 0.3 is 0 Å². The van der Waals surface area contributed by atoms with Crippen LogP contribution in [0.1, 0.15) is 0 Å². The van der Waals surface area contributed by atoms with Crippen LogP contribution >= 0.6 is 0 Å². The summed E-state index contributed by atoms with van der Waals surface area (Å²) in [5.74, 6) is 0.522. The number of nitrogens with two attached hydrogens (primary N) is 1. The first-order chi connectivity index (χ1) is 4.33. The van der Waals surface area contributed by atoms with Crippen molar-refractivity contribution < 1.29 is 0 Å². The predicted molar refractivity (Wildman–Crippen MR) is 37.6 cm³/mol. The highest BCUT2D eigenvalue weighted by molar-refractivity contribution is 5.45. The van der Waals surface area contributed by atoms with Gasteiger partial charge in [0, 0.05) is 7.05 Å². The Hall–Kier alpha value is -1.25. The van der Waals surface area contributed by atoms with E-state index in [1.54, 1.807) is 12.3 Å². The summed E-state index contributed by atoms with van der Waals surface area (Å²) in [6.07, 6.45) is 1.63. The number of rotatable bonds is 1. The third-order valence-corrected chi connectivity index (χ3v) is 0.990. The average molecular weight is 122 g/mol. The summed E-state index contributed by atoms with van der Waals surface area (Å²) in [7, 11) is 3.45. The molecule has 0 aliphatic heterocycles. The quantitative estimate of drug-likeness (QED) is 0.581. The van der Waals surface area contributed by atoms with Gasteiger partial charge in [-0.2, -0.15) is 0 Å². The van der Waals surface area contributed by atoms with Crippen molar-refractivity contribution in [3.63, 3.8) is 0 Å². The number of nitrogens with one attached hydrogen (secondary N) is 1. The van der Waals surface area contributed by atoms with Crippen molar-refractivity contribution in [3.8, 4) is 0 Å². The SMILES string of the molecule is [CH2]Nc1ccc(N)nc1. The lowest BCUT2D eigenvalue weighted by atomic mass is 10.4. The van der Waals surface area contributed by atoms with Crippen LogP contribution in [-0.4, -0.2) is 4.98 Å². The summed E-state index contributed by atoms with van der Waals surface area (Å²) in [5, 5.41) is 2.69. The predicted octanol–water partition coefficient (Wildman–Crippen LogP) is 0.867. The Bertz CT molecular complexity index is 180. The molecule has 0 saturated carbocycles. The Morgan fingerprint density at radius 3 is 2.78 bits per heavy atom. The molecule has 0 saturated heterocycles. The zero-order valence-corrected chi connectivity index (χ0v) is 4.96. The third-order valence-electron chi connectivity index (χ3n) is 0.990. The smallest absolute Gasteiger partial charge is 0.123 e. The van der Waals surface area contributed by atoms with E-state index in [4.69, 9.17) is 5.73 Å². The molecule has 0 aliphatic rings. The molecule has 0 bridgehead atoms. The Labute approximate surface area is 53.9 Å². The standard InChI is InChI=1S/C6H8N3/c1-8-5-2-3-6(7)9-4-5/h2-4,8H,1H2,(H2,7,9). The highest BCUT2D eigenvalue weighted by Crippen LogP contribution is 2.04. The largest absolute Gasteiger partial charge is 0.384 e. The van der Waals surface area contributed by atoms with Crippen molar-refractivity contribution in [3.05, 3.63) is 25.4 Å². The molecule has 0 atom stereocenters. The normalized spacial score (nSPS) is 9.00. The lowest BCUT2D eigenvalue weighted by Gasteiger charge is -1.96. The topological polar surface area (TPSA) is 50.9 Å². The Balaban J connectivity index is 2.88. The number of hydrogen-bond acceptors (Lipinski definition) is 3. The minimum absolute atomic E-state index is 0.522. The maximum absolute atomic E-state index is 5.32. The Morgan fingerprint density at radius 2 is 2.33 bits per heavy atom.